The summed E-state index contributed by atoms with van der Waals surface area (Å²) in [5, 5.41) is 0. The minimum absolute atomic E-state index is 0.267. The summed E-state index contributed by atoms with van der Waals surface area (Å²) < 4.78 is 0. The van der Waals surface area contributed by atoms with Gasteiger partial charge in [-0.1, -0.05) is 37.3 Å². The lowest BCUT2D eigenvalue weighted by Gasteiger charge is -2.23. The van der Waals surface area contributed by atoms with Crippen LogP contribution < -0.4 is 5.73 Å². The van der Waals surface area contributed by atoms with E-state index in [2.05, 4.69) is 50.1 Å². The lowest BCUT2D eigenvalue weighted by molar-refractivity contribution is 0.262. The molecular weight excluding hydrogens is 184 g/mol. The number of hydrogen-bond donors (Lipinski definition) is 1. The van der Waals surface area contributed by atoms with E-state index in [1.807, 2.05) is 6.07 Å². The first-order chi connectivity index (χ1) is 7.09. The molecule has 1 rings (SSSR count). The number of nitrogens with zero attached hydrogens (tertiary/aromatic N) is 1. The molecule has 0 heterocycles. The Morgan fingerprint density at radius 1 is 1.20 bits per heavy atom. The second-order valence-electron chi connectivity index (χ2n) is 4.52. The van der Waals surface area contributed by atoms with Gasteiger partial charge in [0.25, 0.3) is 0 Å². The molecule has 1 aromatic carbocycles. The van der Waals surface area contributed by atoms with Gasteiger partial charge in [-0.15, -0.1) is 0 Å². The average molecular weight is 206 g/mol. The molecule has 0 spiro atoms. The Morgan fingerprint density at radius 3 is 2.33 bits per heavy atom. The van der Waals surface area contributed by atoms with Crippen LogP contribution in [0.15, 0.2) is 30.3 Å². The van der Waals surface area contributed by atoms with Gasteiger partial charge in [-0.3, -0.25) is 0 Å². The Labute approximate surface area is 93.1 Å². The van der Waals surface area contributed by atoms with Gasteiger partial charge in [-0.05, 0) is 25.5 Å². The smallest absolute Gasteiger partial charge is 0.0230 e. The minimum Gasteiger partial charge on any atom is -0.328 e. The van der Waals surface area contributed by atoms with Gasteiger partial charge in [0.15, 0.2) is 0 Å². The van der Waals surface area contributed by atoms with E-state index in [0.29, 0.717) is 5.92 Å². The molecule has 2 N–H and O–H groups in total. The summed E-state index contributed by atoms with van der Waals surface area (Å²) in [7, 11) is 2.14. The van der Waals surface area contributed by atoms with Gasteiger partial charge in [0.05, 0.1) is 0 Å². The van der Waals surface area contributed by atoms with Crippen molar-refractivity contribution in [2.45, 2.75) is 26.4 Å². The highest BCUT2D eigenvalue weighted by atomic mass is 15.1. The first kappa shape index (κ1) is 12.2. The first-order valence-electron chi connectivity index (χ1n) is 5.57. The Morgan fingerprint density at radius 2 is 1.80 bits per heavy atom. The number of benzene rings is 1. The Hall–Kier alpha value is -0.860. The van der Waals surface area contributed by atoms with Gasteiger partial charge in [-0.25, -0.2) is 0 Å². The van der Waals surface area contributed by atoms with Crippen molar-refractivity contribution in [2.75, 3.05) is 13.6 Å². The summed E-state index contributed by atoms with van der Waals surface area (Å²) >= 11 is 0. The molecule has 0 aliphatic carbocycles. The van der Waals surface area contributed by atoms with Crippen LogP contribution in [0.4, 0.5) is 0 Å². The summed E-state index contributed by atoms with van der Waals surface area (Å²) in [5.74, 6) is 0.540. The van der Waals surface area contributed by atoms with Crippen LogP contribution in [0.5, 0.6) is 0 Å². The predicted octanol–water partition coefficient (Wildman–Crippen LogP) is 2.10. The predicted molar refractivity (Wildman–Crippen MR) is 65.6 cm³/mol. The SMILES string of the molecule is CC(CN(C)Cc1ccccc1)[C@H](C)N. The van der Waals surface area contributed by atoms with Crippen molar-refractivity contribution in [3.63, 3.8) is 0 Å². The quantitative estimate of drug-likeness (QED) is 0.799. The third-order valence-electron chi connectivity index (χ3n) is 2.79. The van der Waals surface area contributed by atoms with E-state index >= 15 is 0 Å². The molecule has 1 aromatic rings. The van der Waals surface area contributed by atoms with Crippen LogP contribution in [0.2, 0.25) is 0 Å². The molecule has 0 radical (unpaired) electrons. The highest BCUT2D eigenvalue weighted by Gasteiger charge is 2.10. The van der Waals surface area contributed by atoms with E-state index in [9.17, 15) is 0 Å². The summed E-state index contributed by atoms with van der Waals surface area (Å²) in [6.45, 7) is 6.32. The van der Waals surface area contributed by atoms with Crippen LogP contribution in [0.25, 0.3) is 0 Å². The van der Waals surface area contributed by atoms with Gasteiger partial charge in [0.1, 0.15) is 0 Å². The standard InChI is InChI=1S/C13H22N2/c1-11(12(2)14)9-15(3)10-13-7-5-4-6-8-13/h4-8,11-12H,9-10,14H2,1-3H3/t11?,12-/m0/s1. The number of hydrogen-bond acceptors (Lipinski definition) is 2. The normalized spacial score (nSPS) is 15.3. The molecule has 0 amide bonds. The Balaban J connectivity index is 2.39. The fourth-order valence-electron chi connectivity index (χ4n) is 1.62. The molecule has 2 heteroatoms. The summed E-state index contributed by atoms with van der Waals surface area (Å²) in [4.78, 5) is 2.32. The van der Waals surface area contributed by atoms with Crippen molar-refractivity contribution in [3.8, 4) is 0 Å². The van der Waals surface area contributed by atoms with Crippen molar-refractivity contribution in [3.05, 3.63) is 35.9 Å². The van der Waals surface area contributed by atoms with Crippen LogP contribution in [0.3, 0.4) is 0 Å². The fourth-order valence-corrected chi connectivity index (χ4v) is 1.62. The lowest BCUT2D eigenvalue weighted by atomic mass is 10.0. The molecular formula is C13H22N2. The van der Waals surface area contributed by atoms with Crippen molar-refractivity contribution >= 4 is 0 Å². The van der Waals surface area contributed by atoms with Gasteiger partial charge in [0.2, 0.25) is 0 Å². The largest absolute Gasteiger partial charge is 0.328 e. The molecule has 84 valence electrons. The number of rotatable bonds is 5. The zero-order chi connectivity index (χ0) is 11.3. The molecule has 0 aliphatic heterocycles. The molecule has 0 aromatic heterocycles. The maximum absolute atomic E-state index is 5.85. The van der Waals surface area contributed by atoms with E-state index < -0.39 is 0 Å². The zero-order valence-electron chi connectivity index (χ0n) is 9.98. The fraction of sp³-hybridized carbons (Fsp3) is 0.538. The summed E-state index contributed by atoms with van der Waals surface area (Å²) in [5.41, 5.74) is 7.21. The van der Waals surface area contributed by atoms with E-state index in [4.69, 9.17) is 5.73 Å². The van der Waals surface area contributed by atoms with Crippen molar-refractivity contribution in [1.29, 1.82) is 0 Å². The van der Waals surface area contributed by atoms with Crippen molar-refractivity contribution in [1.82, 2.24) is 4.90 Å². The monoisotopic (exact) mass is 206 g/mol. The molecule has 0 fully saturated rings. The van der Waals surface area contributed by atoms with Crippen molar-refractivity contribution in [2.24, 2.45) is 11.7 Å². The average Bonchev–Trinajstić information content (AvgIpc) is 2.18. The molecule has 0 aliphatic rings. The van der Waals surface area contributed by atoms with E-state index in [-0.39, 0.29) is 6.04 Å². The molecule has 0 saturated heterocycles. The second kappa shape index (κ2) is 5.89. The van der Waals surface area contributed by atoms with Crippen molar-refractivity contribution < 1.29 is 0 Å². The van der Waals surface area contributed by atoms with E-state index in [1.54, 1.807) is 0 Å². The third-order valence-corrected chi connectivity index (χ3v) is 2.79. The molecule has 0 saturated carbocycles. The molecule has 1 unspecified atom stereocenters. The van der Waals surface area contributed by atoms with Gasteiger partial charge in [-0.2, -0.15) is 0 Å². The summed E-state index contributed by atoms with van der Waals surface area (Å²) in [6, 6.07) is 10.8. The van der Waals surface area contributed by atoms with E-state index in [1.165, 1.54) is 5.56 Å². The highest BCUT2D eigenvalue weighted by Crippen LogP contribution is 2.07. The van der Waals surface area contributed by atoms with Gasteiger partial charge in [0, 0.05) is 19.1 Å². The molecule has 15 heavy (non-hydrogen) atoms. The maximum atomic E-state index is 5.85. The number of nitrogens with two attached hydrogens (primary N) is 1. The Kier molecular flexibility index (Phi) is 4.79. The molecule has 0 bridgehead atoms. The van der Waals surface area contributed by atoms with Crippen LogP contribution in [0.1, 0.15) is 19.4 Å². The van der Waals surface area contributed by atoms with Crippen LogP contribution >= 0.6 is 0 Å². The third kappa shape index (κ3) is 4.45. The zero-order valence-corrected chi connectivity index (χ0v) is 9.98. The first-order valence-corrected chi connectivity index (χ1v) is 5.57. The highest BCUT2D eigenvalue weighted by molar-refractivity contribution is 5.14. The van der Waals surface area contributed by atoms with Gasteiger partial charge >= 0.3 is 0 Å². The molecule has 2 nitrogen and oxygen atoms in total. The maximum Gasteiger partial charge on any atom is 0.0230 e. The summed E-state index contributed by atoms with van der Waals surface area (Å²) in [6.07, 6.45) is 0. The Bertz CT molecular complexity index is 269. The minimum atomic E-state index is 0.267. The van der Waals surface area contributed by atoms with Crippen LogP contribution in [-0.4, -0.2) is 24.5 Å². The topological polar surface area (TPSA) is 29.3 Å². The van der Waals surface area contributed by atoms with Crippen LogP contribution in [0, 0.1) is 5.92 Å². The lowest BCUT2D eigenvalue weighted by Crippen LogP contribution is -2.34. The van der Waals surface area contributed by atoms with Crippen LogP contribution in [-0.2, 0) is 6.54 Å². The molecule has 2 atom stereocenters. The second-order valence-corrected chi connectivity index (χ2v) is 4.52. The van der Waals surface area contributed by atoms with E-state index in [0.717, 1.165) is 13.1 Å². The van der Waals surface area contributed by atoms with Gasteiger partial charge < -0.3 is 10.6 Å².